The maximum atomic E-state index is 11.7. The lowest BCUT2D eigenvalue weighted by Crippen LogP contribution is -2.24. The SMILES string of the molecule is Cc1ccsc1CNC(=O)CSc1nnc(N)n1C. The average Bonchev–Trinajstić information content (AvgIpc) is 2.93. The zero-order valence-electron chi connectivity index (χ0n) is 10.7. The fourth-order valence-electron chi connectivity index (χ4n) is 1.40. The topological polar surface area (TPSA) is 85.8 Å². The van der Waals surface area contributed by atoms with Crippen LogP contribution in [0.3, 0.4) is 0 Å². The molecule has 2 aromatic rings. The minimum Gasteiger partial charge on any atom is -0.368 e. The minimum absolute atomic E-state index is 0.0284. The third-order valence-corrected chi connectivity index (χ3v) is 4.66. The van der Waals surface area contributed by atoms with Gasteiger partial charge >= 0.3 is 0 Å². The molecule has 8 heteroatoms. The summed E-state index contributed by atoms with van der Waals surface area (Å²) in [6, 6.07) is 2.04. The van der Waals surface area contributed by atoms with Gasteiger partial charge in [-0.25, -0.2) is 0 Å². The summed E-state index contributed by atoms with van der Waals surface area (Å²) in [4.78, 5) is 12.9. The second-order valence-electron chi connectivity index (χ2n) is 3.99. The van der Waals surface area contributed by atoms with Crippen LogP contribution in [0.4, 0.5) is 5.95 Å². The molecule has 2 heterocycles. The van der Waals surface area contributed by atoms with Crippen LogP contribution in [0.15, 0.2) is 16.6 Å². The van der Waals surface area contributed by atoms with Crippen molar-refractivity contribution in [2.75, 3.05) is 11.5 Å². The predicted octanol–water partition coefficient (Wildman–Crippen LogP) is 1.18. The van der Waals surface area contributed by atoms with Crippen LogP contribution >= 0.6 is 23.1 Å². The van der Waals surface area contributed by atoms with E-state index in [1.54, 1.807) is 23.0 Å². The second-order valence-corrected chi connectivity index (χ2v) is 5.94. The second kappa shape index (κ2) is 6.07. The first-order valence-electron chi connectivity index (χ1n) is 5.65. The van der Waals surface area contributed by atoms with Crippen LogP contribution in [0.5, 0.6) is 0 Å². The van der Waals surface area contributed by atoms with E-state index >= 15 is 0 Å². The number of nitrogen functional groups attached to an aromatic ring is 1. The Balaban J connectivity index is 1.79. The molecule has 0 saturated carbocycles. The van der Waals surface area contributed by atoms with Crippen LogP contribution in [0.1, 0.15) is 10.4 Å². The number of amides is 1. The minimum atomic E-state index is -0.0284. The van der Waals surface area contributed by atoms with E-state index in [1.165, 1.54) is 22.2 Å². The molecular weight excluding hydrogens is 282 g/mol. The third-order valence-electron chi connectivity index (χ3n) is 2.62. The highest BCUT2D eigenvalue weighted by molar-refractivity contribution is 7.99. The van der Waals surface area contributed by atoms with Gasteiger partial charge in [-0.15, -0.1) is 21.5 Å². The number of rotatable bonds is 5. The molecule has 1 amide bonds. The van der Waals surface area contributed by atoms with Gasteiger partial charge in [-0.2, -0.15) is 0 Å². The lowest BCUT2D eigenvalue weighted by atomic mass is 10.3. The van der Waals surface area contributed by atoms with Crippen molar-refractivity contribution >= 4 is 35.0 Å². The number of aryl methyl sites for hydroxylation is 1. The van der Waals surface area contributed by atoms with Gasteiger partial charge in [0.2, 0.25) is 11.9 Å². The number of thiophene rings is 1. The summed E-state index contributed by atoms with van der Waals surface area (Å²) in [6.07, 6.45) is 0. The van der Waals surface area contributed by atoms with Crippen LogP contribution in [-0.2, 0) is 18.4 Å². The van der Waals surface area contributed by atoms with E-state index in [4.69, 9.17) is 5.73 Å². The lowest BCUT2D eigenvalue weighted by Gasteiger charge is -2.04. The number of hydrogen-bond acceptors (Lipinski definition) is 6. The van der Waals surface area contributed by atoms with Crippen LogP contribution < -0.4 is 11.1 Å². The number of thioether (sulfide) groups is 1. The molecule has 0 bridgehead atoms. The first-order chi connectivity index (χ1) is 9.08. The Bertz CT molecular complexity index is 577. The van der Waals surface area contributed by atoms with Gasteiger partial charge < -0.3 is 11.1 Å². The van der Waals surface area contributed by atoms with E-state index in [2.05, 4.69) is 15.5 Å². The van der Waals surface area contributed by atoms with Gasteiger partial charge in [-0.05, 0) is 23.9 Å². The van der Waals surface area contributed by atoms with E-state index in [-0.39, 0.29) is 5.91 Å². The molecule has 2 rings (SSSR count). The number of nitrogens with zero attached hydrogens (tertiary/aromatic N) is 3. The smallest absolute Gasteiger partial charge is 0.230 e. The molecule has 0 aliphatic heterocycles. The summed E-state index contributed by atoms with van der Waals surface area (Å²) in [6.45, 7) is 2.61. The normalized spacial score (nSPS) is 10.6. The van der Waals surface area contributed by atoms with Crippen molar-refractivity contribution in [3.8, 4) is 0 Å². The Morgan fingerprint density at radius 2 is 2.37 bits per heavy atom. The van der Waals surface area contributed by atoms with E-state index in [0.717, 1.165) is 0 Å². The number of carbonyl (C=O) groups is 1. The largest absolute Gasteiger partial charge is 0.368 e. The Labute approximate surface area is 119 Å². The first-order valence-corrected chi connectivity index (χ1v) is 7.51. The van der Waals surface area contributed by atoms with Crippen LogP contribution in [0, 0.1) is 6.92 Å². The van der Waals surface area contributed by atoms with Gasteiger partial charge in [0.05, 0.1) is 12.3 Å². The molecule has 0 fully saturated rings. The third kappa shape index (κ3) is 3.48. The van der Waals surface area contributed by atoms with E-state index in [0.29, 0.717) is 23.4 Å². The molecule has 0 spiro atoms. The highest BCUT2D eigenvalue weighted by Crippen LogP contribution is 2.17. The Hall–Kier alpha value is -1.54. The van der Waals surface area contributed by atoms with Crippen molar-refractivity contribution < 1.29 is 4.79 Å². The van der Waals surface area contributed by atoms with Crippen LogP contribution in [-0.4, -0.2) is 26.4 Å². The van der Waals surface area contributed by atoms with E-state index in [1.807, 2.05) is 18.4 Å². The van der Waals surface area contributed by atoms with E-state index in [9.17, 15) is 4.79 Å². The molecule has 0 unspecified atom stereocenters. The Morgan fingerprint density at radius 1 is 1.58 bits per heavy atom. The number of nitrogens with one attached hydrogen (secondary N) is 1. The van der Waals surface area contributed by atoms with Gasteiger partial charge in [0.25, 0.3) is 0 Å². The molecular formula is C11H15N5OS2. The molecule has 0 atom stereocenters. The van der Waals surface area contributed by atoms with Crippen molar-refractivity contribution in [1.29, 1.82) is 0 Å². The molecule has 102 valence electrons. The molecule has 19 heavy (non-hydrogen) atoms. The van der Waals surface area contributed by atoms with Gasteiger partial charge in [0.1, 0.15) is 0 Å². The van der Waals surface area contributed by atoms with Crippen LogP contribution in [0.25, 0.3) is 0 Å². The quantitative estimate of drug-likeness (QED) is 0.809. The number of nitrogens with two attached hydrogens (primary N) is 1. The van der Waals surface area contributed by atoms with Crippen molar-refractivity contribution in [3.63, 3.8) is 0 Å². The fraction of sp³-hybridized carbons (Fsp3) is 0.364. The monoisotopic (exact) mass is 297 g/mol. The van der Waals surface area contributed by atoms with Crippen molar-refractivity contribution in [2.24, 2.45) is 7.05 Å². The highest BCUT2D eigenvalue weighted by Gasteiger charge is 2.09. The Morgan fingerprint density at radius 3 is 2.95 bits per heavy atom. The molecule has 2 aromatic heterocycles. The summed E-state index contributed by atoms with van der Waals surface area (Å²) < 4.78 is 1.65. The summed E-state index contributed by atoms with van der Waals surface area (Å²) in [5.74, 6) is 0.618. The number of hydrogen-bond donors (Lipinski definition) is 2. The zero-order chi connectivity index (χ0) is 13.8. The fourth-order valence-corrected chi connectivity index (χ4v) is 2.99. The van der Waals surface area contributed by atoms with Gasteiger partial charge in [0, 0.05) is 11.9 Å². The van der Waals surface area contributed by atoms with Gasteiger partial charge in [0.15, 0.2) is 5.16 Å². The first kappa shape index (κ1) is 13.9. The summed E-state index contributed by atoms with van der Waals surface area (Å²) in [5, 5.41) is 13.2. The maximum Gasteiger partial charge on any atom is 0.230 e. The predicted molar refractivity (Wildman–Crippen MR) is 77.0 cm³/mol. The number of anilines is 1. The summed E-state index contributed by atoms with van der Waals surface area (Å²) in [7, 11) is 1.77. The molecule has 0 saturated heterocycles. The van der Waals surface area contributed by atoms with Gasteiger partial charge in [-0.3, -0.25) is 9.36 Å². The van der Waals surface area contributed by atoms with E-state index < -0.39 is 0 Å². The summed E-state index contributed by atoms with van der Waals surface area (Å²) >= 11 is 2.97. The molecule has 0 aromatic carbocycles. The van der Waals surface area contributed by atoms with Crippen LogP contribution in [0.2, 0.25) is 0 Å². The zero-order valence-corrected chi connectivity index (χ0v) is 12.3. The number of carbonyl (C=O) groups excluding carboxylic acids is 1. The molecule has 6 nitrogen and oxygen atoms in total. The standard InChI is InChI=1S/C11H15N5OS2/c1-7-3-4-18-8(7)5-13-9(17)6-19-11-15-14-10(12)16(11)2/h3-4H,5-6H2,1-2H3,(H2,12,14)(H,13,17). The van der Waals surface area contributed by atoms with Crippen molar-refractivity contribution in [3.05, 3.63) is 21.9 Å². The van der Waals surface area contributed by atoms with Crippen molar-refractivity contribution in [2.45, 2.75) is 18.6 Å². The molecule has 3 N–H and O–H groups in total. The van der Waals surface area contributed by atoms with Crippen molar-refractivity contribution in [1.82, 2.24) is 20.1 Å². The summed E-state index contributed by atoms with van der Waals surface area (Å²) in [5.41, 5.74) is 6.77. The number of aromatic nitrogens is 3. The molecule has 0 aliphatic rings. The lowest BCUT2D eigenvalue weighted by molar-refractivity contribution is -0.118. The maximum absolute atomic E-state index is 11.7. The Kier molecular flexibility index (Phi) is 4.43. The van der Waals surface area contributed by atoms with Gasteiger partial charge in [-0.1, -0.05) is 11.8 Å². The average molecular weight is 297 g/mol. The highest BCUT2D eigenvalue weighted by atomic mass is 32.2. The molecule has 0 radical (unpaired) electrons. The molecule has 0 aliphatic carbocycles.